The molecule has 0 aliphatic carbocycles. The highest BCUT2D eigenvalue weighted by molar-refractivity contribution is 7.91. The maximum atomic E-state index is 12.1. The molecule has 0 atom stereocenters. The van der Waals surface area contributed by atoms with Crippen LogP contribution < -0.4 is 0 Å². The molecule has 1 aromatic rings. The zero-order valence-corrected chi connectivity index (χ0v) is 13.0. The molecule has 0 heterocycles. The van der Waals surface area contributed by atoms with Crippen molar-refractivity contribution >= 4 is 15.6 Å². The zero-order chi connectivity index (χ0) is 14.8. The van der Waals surface area contributed by atoms with E-state index in [1.165, 1.54) is 5.56 Å². The van der Waals surface area contributed by atoms with Crippen molar-refractivity contribution in [2.24, 2.45) is 0 Å². The Morgan fingerprint density at radius 3 is 2.11 bits per heavy atom. The summed E-state index contributed by atoms with van der Waals surface area (Å²) >= 11 is 0. The van der Waals surface area contributed by atoms with Gasteiger partial charge in [-0.2, -0.15) is 0 Å². The highest BCUT2D eigenvalue weighted by Crippen LogP contribution is 2.25. The third-order valence-corrected chi connectivity index (χ3v) is 3.84. The molecule has 0 unspecified atom stereocenters. The van der Waals surface area contributed by atoms with Crippen molar-refractivity contribution in [3.63, 3.8) is 0 Å². The van der Waals surface area contributed by atoms with Crippen LogP contribution in [0.5, 0.6) is 0 Å². The zero-order valence-electron chi connectivity index (χ0n) is 12.2. The lowest BCUT2D eigenvalue weighted by Crippen LogP contribution is -2.17. The number of hydrogen-bond acceptors (Lipinski definition) is 3. The van der Waals surface area contributed by atoms with Crippen LogP contribution in [0.25, 0.3) is 0 Å². The van der Waals surface area contributed by atoms with E-state index in [-0.39, 0.29) is 11.7 Å². The molecular formula is C15H22O3S. The van der Waals surface area contributed by atoms with Gasteiger partial charge < -0.3 is 0 Å². The van der Waals surface area contributed by atoms with Gasteiger partial charge in [-0.1, -0.05) is 45.9 Å². The Labute approximate surface area is 116 Å². The molecule has 106 valence electrons. The fraction of sp³-hybridized carbons (Fsp3) is 0.533. The summed E-state index contributed by atoms with van der Waals surface area (Å²) in [5, 5.41) is 0. The van der Waals surface area contributed by atoms with E-state index < -0.39 is 15.6 Å². The van der Waals surface area contributed by atoms with Gasteiger partial charge >= 0.3 is 0 Å². The van der Waals surface area contributed by atoms with Crippen molar-refractivity contribution in [2.75, 3.05) is 12.0 Å². The fourth-order valence-electron chi connectivity index (χ4n) is 1.99. The third kappa shape index (κ3) is 4.46. The first-order valence-corrected chi connectivity index (χ1v) is 8.52. The van der Waals surface area contributed by atoms with Crippen molar-refractivity contribution in [2.45, 2.75) is 39.5 Å². The van der Waals surface area contributed by atoms with E-state index in [2.05, 4.69) is 13.8 Å². The van der Waals surface area contributed by atoms with Crippen LogP contribution in [0, 0.1) is 0 Å². The van der Waals surface area contributed by atoms with Crippen molar-refractivity contribution in [1.82, 2.24) is 0 Å². The Morgan fingerprint density at radius 2 is 1.68 bits per heavy atom. The second kappa shape index (κ2) is 5.87. The second-order valence-corrected chi connectivity index (χ2v) is 7.79. The summed E-state index contributed by atoms with van der Waals surface area (Å²) in [5.41, 5.74) is 2.63. The van der Waals surface area contributed by atoms with Gasteiger partial charge in [0, 0.05) is 11.8 Å². The summed E-state index contributed by atoms with van der Waals surface area (Å²) in [6, 6.07) is 5.69. The van der Waals surface area contributed by atoms with E-state index in [1.54, 1.807) is 6.07 Å². The van der Waals surface area contributed by atoms with Crippen LogP contribution >= 0.6 is 0 Å². The van der Waals surface area contributed by atoms with Crippen molar-refractivity contribution in [3.05, 3.63) is 34.9 Å². The highest BCUT2D eigenvalue weighted by atomic mass is 32.2. The van der Waals surface area contributed by atoms with E-state index in [0.717, 1.165) is 11.8 Å². The molecule has 3 nitrogen and oxygen atoms in total. The molecular weight excluding hydrogens is 260 g/mol. The number of sulfone groups is 1. The largest absolute Gasteiger partial charge is 0.293 e. The topological polar surface area (TPSA) is 51.2 Å². The Hall–Kier alpha value is -1.16. The van der Waals surface area contributed by atoms with Crippen LogP contribution in [0.15, 0.2) is 18.2 Å². The van der Waals surface area contributed by atoms with Gasteiger partial charge in [0.15, 0.2) is 15.6 Å². The van der Waals surface area contributed by atoms with Gasteiger partial charge in [0.1, 0.15) is 5.75 Å². The lowest BCUT2D eigenvalue weighted by atomic mass is 9.90. The summed E-state index contributed by atoms with van der Waals surface area (Å²) in [6.07, 6.45) is 1.09. The van der Waals surface area contributed by atoms with Gasteiger partial charge in [0.05, 0.1) is 0 Å². The minimum Gasteiger partial charge on any atom is -0.293 e. The molecule has 0 saturated carbocycles. The minimum absolute atomic E-state index is 0.192. The molecule has 0 spiro atoms. The SMILES string of the molecule is CC(C)c1ccc(C(=O)CS(C)(=O)=O)c(C(C)C)c1. The molecule has 4 heteroatoms. The van der Waals surface area contributed by atoms with Crippen LogP contribution in [-0.4, -0.2) is 26.2 Å². The molecule has 0 fully saturated rings. The van der Waals surface area contributed by atoms with E-state index in [4.69, 9.17) is 0 Å². The first-order valence-electron chi connectivity index (χ1n) is 6.46. The van der Waals surface area contributed by atoms with Crippen LogP contribution in [0.3, 0.4) is 0 Å². The number of carbonyl (C=O) groups is 1. The predicted molar refractivity (Wildman–Crippen MR) is 78.7 cm³/mol. The molecule has 1 rings (SSSR count). The summed E-state index contributed by atoms with van der Waals surface area (Å²) in [6.45, 7) is 8.21. The van der Waals surface area contributed by atoms with Crippen molar-refractivity contribution in [1.29, 1.82) is 0 Å². The van der Waals surface area contributed by atoms with Gasteiger partial charge in [0.25, 0.3) is 0 Å². The molecule has 0 aromatic heterocycles. The molecule has 0 N–H and O–H groups in total. The summed E-state index contributed by atoms with van der Waals surface area (Å²) in [5.74, 6) is -0.163. The quantitative estimate of drug-likeness (QED) is 0.779. The van der Waals surface area contributed by atoms with Gasteiger partial charge in [-0.3, -0.25) is 4.79 Å². The molecule has 0 aliphatic heterocycles. The average molecular weight is 282 g/mol. The Kier molecular flexibility index (Phi) is 4.91. The van der Waals surface area contributed by atoms with Gasteiger partial charge in [0.2, 0.25) is 0 Å². The van der Waals surface area contributed by atoms with Gasteiger partial charge in [-0.05, 0) is 23.0 Å². The standard InChI is InChI=1S/C15H22O3S/c1-10(2)12-6-7-13(14(8-12)11(3)4)15(16)9-19(5,17)18/h6-8,10-11H,9H2,1-5H3. The number of carbonyl (C=O) groups excluding carboxylic acids is 1. The molecule has 1 aromatic carbocycles. The van der Waals surface area contributed by atoms with Crippen LogP contribution in [0.2, 0.25) is 0 Å². The van der Waals surface area contributed by atoms with Crippen molar-refractivity contribution in [3.8, 4) is 0 Å². The second-order valence-electron chi connectivity index (χ2n) is 5.65. The molecule has 0 aliphatic rings. The minimum atomic E-state index is -3.29. The monoisotopic (exact) mass is 282 g/mol. The molecule has 0 amide bonds. The normalized spacial score (nSPS) is 12.2. The summed E-state index contributed by atoms with van der Waals surface area (Å²) in [7, 11) is -3.29. The highest BCUT2D eigenvalue weighted by Gasteiger charge is 2.18. The lowest BCUT2D eigenvalue weighted by Gasteiger charge is -2.15. The fourth-order valence-corrected chi connectivity index (χ4v) is 2.62. The molecule has 0 radical (unpaired) electrons. The first kappa shape index (κ1) is 15.9. The van der Waals surface area contributed by atoms with Crippen LogP contribution in [0.1, 0.15) is 61.0 Å². The average Bonchev–Trinajstić information content (AvgIpc) is 2.25. The number of benzene rings is 1. The molecule has 0 saturated heterocycles. The van der Waals surface area contributed by atoms with E-state index in [9.17, 15) is 13.2 Å². The van der Waals surface area contributed by atoms with Gasteiger partial charge in [-0.25, -0.2) is 8.42 Å². The maximum absolute atomic E-state index is 12.1. The predicted octanol–water partition coefficient (Wildman–Crippen LogP) is 3.16. The van der Waals surface area contributed by atoms with Crippen molar-refractivity contribution < 1.29 is 13.2 Å². The number of rotatable bonds is 5. The van der Waals surface area contributed by atoms with Gasteiger partial charge in [-0.15, -0.1) is 0 Å². The number of Topliss-reactive ketones (excluding diaryl/α,β-unsaturated/α-hetero) is 1. The molecule has 0 bridgehead atoms. The Morgan fingerprint density at radius 1 is 1.11 bits per heavy atom. The van der Waals surface area contributed by atoms with Crippen LogP contribution in [-0.2, 0) is 9.84 Å². The van der Waals surface area contributed by atoms with E-state index in [1.807, 2.05) is 26.0 Å². The van der Waals surface area contributed by atoms with E-state index >= 15 is 0 Å². The Balaban J connectivity index is 3.24. The van der Waals surface area contributed by atoms with E-state index in [0.29, 0.717) is 11.5 Å². The molecule has 19 heavy (non-hydrogen) atoms. The summed E-state index contributed by atoms with van der Waals surface area (Å²) < 4.78 is 22.5. The van der Waals surface area contributed by atoms with Crippen LogP contribution in [0.4, 0.5) is 0 Å². The number of hydrogen-bond donors (Lipinski definition) is 0. The smallest absolute Gasteiger partial charge is 0.178 e. The third-order valence-electron chi connectivity index (χ3n) is 3.06. The lowest BCUT2D eigenvalue weighted by molar-refractivity contribution is 0.102. The Bertz CT molecular complexity index is 569. The summed E-state index contributed by atoms with van der Waals surface area (Å²) in [4.78, 5) is 12.1. The first-order chi connectivity index (χ1) is 8.61. The maximum Gasteiger partial charge on any atom is 0.178 e. The number of ketones is 1.